The van der Waals surface area contributed by atoms with Crippen molar-refractivity contribution in [1.82, 2.24) is 0 Å². The second kappa shape index (κ2) is 2.51. The van der Waals surface area contributed by atoms with Crippen LogP contribution in [-0.4, -0.2) is 6.17 Å². The first kappa shape index (κ1) is 8.01. The average molecular weight is 168 g/mol. The van der Waals surface area contributed by atoms with Gasteiger partial charge in [0, 0.05) is 0 Å². The average Bonchev–Trinajstić information content (AvgIpc) is 1.97. The number of hydrogen-bond donors (Lipinski definition) is 0. The first-order valence-electron chi connectivity index (χ1n) is 2.55. The van der Waals surface area contributed by atoms with Crippen LogP contribution in [-0.2, 0) is 0 Å². The zero-order chi connectivity index (χ0) is 8.59. The molecule has 5 heteroatoms. The van der Waals surface area contributed by atoms with Gasteiger partial charge >= 0.3 is 0 Å². The summed E-state index contributed by atoms with van der Waals surface area (Å²) >= 11 is 0. The molecule has 0 amide bonds. The minimum absolute atomic E-state index is 1.06. The highest BCUT2D eigenvalue weighted by atomic mass is 19.2. The summed E-state index contributed by atoms with van der Waals surface area (Å²) in [5.74, 6) is -7.76. The van der Waals surface area contributed by atoms with Crippen LogP contribution >= 0.6 is 0 Å². The summed E-state index contributed by atoms with van der Waals surface area (Å²) in [4.78, 5) is 0. The molecule has 0 aromatic rings. The lowest BCUT2D eigenvalue weighted by molar-refractivity contribution is 0.299. The van der Waals surface area contributed by atoms with Crippen molar-refractivity contribution in [2.45, 2.75) is 6.17 Å². The maximum atomic E-state index is 12.1. The Morgan fingerprint density at radius 1 is 1.09 bits per heavy atom. The molecule has 11 heavy (non-hydrogen) atoms. The number of hydrogen-bond acceptors (Lipinski definition) is 0. The van der Waals surface area contributed by atoms with Crippen LogP contribution < -0.4 is 0 Å². The molecule has 60 valence electrons. The van der Waals surface area contributed by atoms with E-state index in [4.69, 9.17) is 0 Å². The van der Waals surface area contributed by atoms with Crippen molar-refractivity contribution in [2.24, 2.45) is 0 Å². The zero-order valence-electron chi connectivity index (χ0n) is 4.97. The van der Waals surface area contributed by atoms with Gasteiger partial charge < -0.3 is 0 Å². The van der Waals surface area contributed by atoms with E-state index in [0.29, 0.717) is 0 Å². The lowest BCUT2D eigenvalue weighted by Gasteiger charge is -2.05. The molecule has 0 nitrogen and oxygen atoms in total. The van der Waals surface area contributed by atoms with E-state index in [2.05, 4.69) is 0 Å². The third-order valence-electron chi connectivity index (χ3n) is 1.08. The van der Waals surface area contributed by atoms with Crippen LogP contribution in [0, 0.1) is 0 Å². The van der Waals surface area contributed by atoms with Crippen molar-refractivity contribution < 1.29 is 22.0 Å². The molecule has 1 unspecified atom stereocenters. The van der Waals surface area contributed by atoms with Crippen LogP contribution in [0.3, 0.4) is 0 Å². The summed E-state index contributed by atoms with van der Waals surface area (Å²) < 4.78 is 60.0. The van der Waals surface area contributed by atoms with Crippen LogP contribution in [0.1, 0.15) is 0 Å². The Labute approximate surface area is 58.3 Å². The highest BCUT2D eigenvalue weighted by Gasteiger charge is 2.29. The SMILES string of the molecule is FC1=C=C(F)C(F)C(F)=C1F. The highest BCUT2D eigenvalue weighted by molar-refractivity contribution is 5.32. The normalized spacial score (nSPS) is 25.0. The molecule has 1 rings (SSSR count). The van der Waals surface area contributed by atoms with Crippen molar-refractivity contribution >= 4 is 0 Å². The van der Waals surface area contributed by atoms with Gasteiger partial charge in [0.05, 0.1) is 0 Å². The Bertz CT molecular complexity index is 281. The zero-order valence-corrected chi connectivity index (χ0v) is 4.97. The maximum Gasteiger partial charge on any atom is 0.213 e. The molecular weight excluding hydrogens is 167 g/mol. The van der Waals surface area contributed by atoms with Gasteiger partial charge in [0.15, 0.2) is 11.7 Å². The molecule has 0 aliphatic heterocycles. The molecule has 0 N–H and O–H groups in total. The Kier molecular flexibility index (Phi) is 1.83. The molecule has 0 bridgehead atoms. The number of rotatable bonds is 0. The van der Waals surface area contributed by atoms with Gasteiger partial charge in [-0.25, -0.2) is 13.2 Å². The standard InChI is InChI=1S/C6HF5/c7-2-1-3(8)5(10)6(11)4(2)9/h4H. The fourth-order valence-corrected chi connectivity index (χ4v) is 0.550. The van der Waals surface area contributed by atoms with Crippen molar-refractivity contribution in [3.8, 4) is 0 Å². The minimum Gasteiger partial charge on any atom is -0.231 e. The van der Waals surface area contributed by atoms with Gasteiger partial charge in [-0.3, -0.25) is 0 Å². The Morgan fingerprint density at radius 2 is 1.64 bits per heavy atom. The monoisotopic (exact) mass is 168 g/mol. The van der Waals surface area contributed by atoms with E-state index in [9.17, 15) is 22.0 Å². The van der Waals surface area contributed by atoms with E-state index in [1.54, 1.807) is 0 Å². The van der Waals surface area contributed by atoms with E-state index >= 15 is 0 Å². The summed E-state index contributed by atoms with van der Waals surface area (Å²) in [5.41, 5.74) is 1.06. The van der Waals surface area contributed by atoms with E-state index in [0.717, 1.165) is 5.73 Å². The molecular formula is C6HF5. The molecule has 0 radical (unpaired) electrons. The fraction of sp³-hybridized carbons (Fsp3) is 0.167. The molecule has 1 atom stereocenters. The van der Waals surface area contributed by atoms with Gasteiger partial charge in [-0.1, -0.05) is 0 Å². The van der Waals surface area contributed by atoms with E-state index in [1.165, 1.54) is 0 Å². The van der Waals surface area contributed by atoms with Crippen LogP contribution in [0.5, 0.6) is 0 Å². The van der Waals surface area contributed by atoms with Gasteiger partial charge in [0.1, 0.15) is 0 Å². The van der Waals surface area contributed by atoms with Gasteiger partial charge in [0.25, 0.3) is 0 Å². The molecule has 0 heterocycles. The van der Waals surface area contributed by atoms with Gasteiger partial charge in [-0.2, -0.15) is 8.78 Å². The van der Waals surface area contributed by atoms with E-state index < -0.39 is 29.5 Å². The van der Waals surface area contributed by atoms with E-state index in [1.807, 2.05) is 0 Å². The van der Waals surface area contributed by atoms with Crippen LogP contribution in [0.25, 0.3) is 0 Å². The third kappa shape index (κ3) is 1.19. The maximum absolute atomic E-state index is 12.1. The number of halogens is 5. The predicted octanol–water partition coefficient (Wildman–Crippen LogP) is 2.79. The van der Waals surface area contributed by atoms with Crippen LogP contribution in [0.15, 0.2) is 29.0 Å². The quantitative estimate of drug-likeness (QED) is 0.385. The number of allylic oxidation sites excluding steroid dienone is 3. The molecule has 0 aromatic heterocycles. The smallest absolute Gasteiger partial charge is 0.213 e. The topological polar surface area (TPSA) is 0 Å². The summed E-state index contributed by atoms with van der Waals surface area (Å²) in [6.07, 6.45) is -2.85. The molecule has 1 aliphatic carbocycles. The van der Waals surface area contributed by atoms with Crippen molar-refractivity contribution in [3.05, 3.63) is 29.0 Å². The minimum atomic E-state index is -2.85. The Balaban J connectivity index is 3.25. The molecule has 0 saturated carbocycles. The molecule has 0 spiro atoms. The highest BCUT2D eigenvalue weighted by Crippen LogP contribution is 2.30. The predicted molar refractivity (Wildman–Crippen MR) is 26.9 cm³/mol. The summed E-state index contributed by atoms with van der Waals surface area (Å²) in [7, 11) is 0. The molecule has 0 fully saturated rings. The second-order valence-corrected chi connectivity index (χ2v) is 1.81. The largest absolute Gasteiger partial charge is 0.231 e. The third-order valence-corrected chi connectivity index (χ3v) is 1.08. The fourth-order valence-electron chi connectivity index (χ4n) is 0.550. The lowest BCUT2D eigenvalue weighted by atomic mass is 10.2. The van der Waals surface area contributed by atoms with Gasteiger partial charge in [-0.05, 0) is 5.73 Å². The van der Waals surface area contributed by atoms with Crippen LogP contribution in [0.2, 0.25) is 0 Å². The summed E-state index contributed by atoms with van der Waals surface area (Å²) in [6.45, 7) is 0. The van der Waals surface area contributed by atoms with Crippen LogP contribution in [0.4, 0.5) is 22.0 Å². The van der Waals surface area contributed by atoms with Gasteiger partial charge in [-0.15, -0.1) is 0 Å². The first-order valence-corrected chi connectivity index (χ1v) is 2.55. The molecule has 1 aliphatic rings. The van der Waals surface area contributed by atoms with Crippen molar-refractivity contribution in [1.29, 1.82) is 0 Å². The number of alkyl halides is 1. The molecule has 0 saturated heterocycles. The molecule has 0 aromatic carbocycles. The summed E-state index contributed by atoms with van der Waals surface area (Å²) in [5, 5.41) is 0. The van der Waals surface area contributed by atoms with Gasteiger partial charge in [0.2, 0.25) is 17.8 Å². The van der Waals surface area contributed by atoms with Crippen molar-refractivity contribution in [3.63, 3.8) is 0 Å². The Morgan fingerprint density at radius 3 is 2.18 bits per heavy atom. The lowest BCUT2D eigenvalue weighted by Crippen LogP contribution is -2.06. The first-order chi connectivity index (χ1) is 5.04. The summed E-state index contributed by atoms with van der Waals surface area (Å²) in [6, 6.07) is 0. The second-order valence-electron chi connectivity index (χ2n) is 1.81. The Hall–Kier alpha value is -1.09. The van der Waals surface area contributed by atoms with E-state index in [-0.39, 0.29) is 0 Å². The van der Waals surface area contributed by atoms with Crippen molar-refractivity contribution in [2.75, 3.05) is 0 Å².